The van der Waals surface area contributed by atoms with Gasteiger partial charge in [0, 0.05) is 25.6 Å². The number of nitrogens with one attached hydrogen (secondary N) is 1. The molecule has 0 unspecified atom stereocenters. The fourth-order valence-corrected chi connectivity index (χ4v) is 2.31. The highest BCUT2D eigenvalue weighted by Gasteiger charge is 2.09. The van der Waals surface area contributed by atoms with Gasteiger partial charge in [0.05, 0.1) is 6.42 Å². The third-order valence-corrected chi connectivity index (χ3v) is 3.51. The number of carbonyl (C=O) groups is 3. The summed E-state index contributed by atoms with van der Waals surface area (Å²) in [6, 6.07) is 0. The van der Waals surface area contributed by atoms with Gasteiger partial charge in [-0.2, -0.15) is 0 Å². The van der Waals surface area contributed by atoms with Crippen molar-refractivity contribution in [1.82, 2.24) is 5.32 Å². The van der Waals surface area contributed by atoms with Crippen molar-refractivity contribution < 1.29 is 14.4 Å². The van der Waals surface area contributed by atoms with Crippen LogP contribution >= 0.6 is 11.8 Å². The quantitative estimate of drug-likeness (QED) is 0.469. The highest BCUT2D eigenvalue weighted by Crippen LogP contribution is 2.10. The van der Waals surface area contributed by atoms with Gasteiger partial charge in [0.2, 0.25) is 5.91 Å². The summed E-state index contributed by atoms with van der Waals surface area (Å²) in [5.74, 6) is 0.465. The third-order valence-electron chi connectivity index (χ3n) is 2.64. The number of Topliss-reactive ketones (excluding diaryl/α,β-unsaturated/α-hetero) is 1. The van der Waals surface area contributed by atoms with Gasteiger partial charge in [-0.25, -0.2) is 0 Å². The lowest BCUT2D eigenvalue weighted by molar-refractivity contribution is -0.123. The van der Waals surface area contributed by atoms with Crippen LogP contribution in [0.15, 0.2) is 0 Å². The fourth-order valence-electron chi connectivity index (χ4n) is 1.62. The Hall–Kier alpha value is -0.840. The van der Waals surface area contributed by atoms with Crippen molar-refractivity contribution in [2.24, 2.45) is 0 Å². The monoisotopic (exact) mass is 287 g/mol. The van der Waals surface area contributed by atoms with E-state index in [0.717, 1.165) is 24.6 Å². The SMILES string of the molecule is CCCCCCCC(=O)CC(=O)SCCNC(C)=O. The normalized spacial score (nSPS) is 10.2. The van der Waals surface area contributed by atoms with Crippen molar-refractivity contribution in [3.8, 4) is 0 Å². The van der Waals surface area contributed by atoms with E-state index in [1.54, 1.807) is 0 Å². The van der Waals surface area contributed by atoms with E-state index in [-0.39, 0.29) is 23.2 Å². The molecular formula is C14H25NO3S. The minimum Gasteiger partial charge on any atom is -0.356 e. The first-order valence-electron chi connectivity index (χ1n) is 6.98. The maximum Gasteiger partial charge on any atom is 0.216 e. The van der Waals surface area contributed by atoms with Gasteiger partial charge in [0.1, 0.15) is 5.78 Å². The second kappa shape index (κ2) is 12.2. The standard InChI is InChI=1S/C14H25NO3S/c1-3-4-5-6-7-8-13(17)11-14(18)19-10-9-15-12(2)16/h3-11H2,1-2H3,(H,15,16). The largest absolute Gasteiger partial charge is 0.356 e. The summed E-state index contributed by atoms with van der Waals surface area (Å²) >= 11 is 1.12. The molecular weight excluding hydrogens is 262 g/mol. The zero-order valence-corrected chi connectivity index (χ0v) is 12.8. The molecule has 0 bridgehead atoms. The van der Waals surface area contributed by atoms with Gasteiger partial charge in [-0.3, -0.25) is 14.4 Å². The topological polar surface area (TPSA) is 63.2 Å². The molecule has 0 atom stereocenters. The van der Waals surface area contributed by atoms with Crippen molar-refractivity contribution >= 4 is 28.6 Å². The summed E-state index contributed by atoms with van der Waals surface area (Å²) in [7, 11) is 0. The number of thioether (sulfide) groups is 1. The minimum atomic E-state index is -0.101. The Morgan fingerprint density at radius 2 is 1.74 bits per heavy atom. The van der Waals surface area contributed by atoms with Gasteiger partial charge in [0.25, 0.3) is 0 Å². The summed E-state index contributed by atoms with van der Waals surface area (Å²) in [6.45, 7) is 4.06. The number of carbonyl (C=O) groups excluding carboxylic acids is 3. The molecule has 1 N–H and O–H groups in total. The molecule has 0 aromatic heterocycles. The average Bonchev–Trinajstić information content (AvgIpc) is 2.34. The number of unbranched alkanes of at least 4 members (excludes halogenated alkanes) is 4. The first-order chi connectivity index (χ1) is 9.06. The predicted molar refractivity (Wildman–Crippen MR) is 79.1 cm³/mol. The third kappa shape index (κ3) is 13.4. The summed E-state index contributed by atoms with van der Waals surface area (Å²) in [6.07, 6.45) is 6.08. The van der Waals surface area contributed by atoms with Gasteiger partial charge in [0.15, 0.2) is 5.12 Å². The molecule has 0 aromatic rings. The fraction of sp³-hybridized carbons (Fsp3) is 0.786. The van der Waals surface area contributed by atoms with E-state index in [4.69, 9.17) is 0 Å². The van der Waals surface area contributed by atoms with Crippen molar-refractivity contribution in [2.75, 3.05) is 12.3 Å². The Labute approximate surface area is 120 Å². The van der Waals surface area contributed by atoms with Crippen LogP contribution in [-0.2, 0) is 14.4 Å². The van der Waals surface area contributed by atoms with Crippen LogP contribution in [0, 0.1) is 0 Å². The number of hydrogen-bond donors (Lipinski definition) is 1. The minimum absolute atomic E-state index is 0.0263. The lowest BCUT2D eigenvalue weighted by Gasteiger charge is -2.02. The van der Waals surface area contributed by atoms with E-state index in [0.29, 0.717) is 18.7 Å². The number of rotatable bonds is 11. The van der Waals surface area contributed by atoms with Crippen LogP contribution in [0.2, 0.25) is 0 Å². The van der Waals surface area contributed by atoms with Gasteiger partial charge < -0.3 is 5.32 Å². The van der Waals surface area contributed by atoms with Gasteiger partial charge in [-0.1, -0.05) is 44.4 Å². The second-order valence-electron chi connectivity index (χ2n) is 4.58. The Morgan fingerprint density at radius 1 is 1.05 bits per heavy atom. The lowest BCUT2D eigenvalue weighted by atomic mass is 10.1. The molecule has 19 heavy (non-hydrogen) atoms. The molecule has 0 rings (SSSR count). The van der Waals surface area contributed by atoms with Crippen molar-refractivity contribution in [3.63, 3.8) is 0 Å². The van der Waals surface area contributed by atoms with Crippen LogP contribution in [0.25, 0.3) is 0 Å². The van der Waals surface area contributed by atoms with Crippen LogP contribution in [0.5, 0.6) is 0 Å². The van der Waals surface area contributed by atoms with E-state index in [9.17, 15) is 14.4 Å². The molecule has 110 valence electrons. The molecule has 0 radical (unpaired) electrons. The van der Waals surface area contributed by atoms with Gasteiger partial charge in [-0.05, 0) is 6.42 Å². The summed E-state index contributed by atoms with van der Waals surface area (Å²) in [5, 5.41) is 2.52. The molecule has 0 aliphatic heterocycles. The van der Waals surface area contributed by atoms with Crippen LogP contribution in [0.1, 0.15) is 58.8 Å². The van der Waals surface area contributed by atoms with E-state index in [1.807, 2.05) is 0 Å². The van der Waals surface area contributed by atoms with Crippen molar-refractivity contribution in [1.29, 1.82) is 0 Å². The van der Waals surface area contributed by atoms with Crippen LogP contribution in [0.4, 0.5) is 0 Å². The molecule has 0 spiro atoms. The molecule has 1 amide bonds. The Balaban J connectivity index is 3.47. The Kier molecular flexibility index (Phi) is 11.7. The zero-order valence-electron chi connectivity index (χ0n) is 12.0. The van der Waals surface area contributed by atoms with Crippen LogP contribution in [0.3, 0.4) is 0 Å². The summed E-state index contributed by atoms with van der Waals surface area (Å²) in [5.41, 5.74) is 0. The highest BCUT2D eigenvalue weighted by atomic mass is 32.2. The van der Waals surface area contributed by atoms with Gasteiger partial charge >= 0.3 is 0 Å². The maximum absolute atomic E-state index is 11.5. The molecule has 0 aromatic carbocycles. The number of ketones is 1. The maximum atomic E-state index is 11.5. The van der Waals surface area contributed by atoms with E-state index in [1.165, 1.54) is 26.2 Å². The molecule has 0 saturated carbocycles. The molecule has 5 heteroatoms. The molecule has 0 saturated heterocycles. The van der Waals surface area contributed by atoms with Crippen molar-refractivity contribution in [3.05, 3.63) is 0 Å². The summed E-state index contributed by atoms with van der Waals surface area (Å²) in [4.78, 5) is 33.6. The zero-order chi connectivity index (χ0) is 14.5. The Bertz CT molecular complexity index is 292. The highest BCUT2D eigenvalue weighted by molar-refractivity contribution is 8.13. The molecule has 4 nitrogen and oxygen atoms in total. The smallest absolute Gasteiger partial charge is 0.216 e. The average molecular weight is 287 g/mol. The van der Waals surface area contributed by atoms with Crippen LogP contribution < -0.4 is 5.32 Å². The second-order valence-corrected chi connectivity index (χ2v) is 5.74. The van der Waals surface area contributed by atoms with Crippen LogP contribution in [-0.4, -0.2) is 29.1 Å². The summed E-state index contributed by atoms with van der Waals surface area (Å²) < 4.78 is 0. The van der Waals surface area contributed by atoms with E-state index in [2.05, 4.69) is 12.2 Å². The van der Waals surface area contributed by atoms with Crippen molar-refractivity contribution in [2.45, 2.75) is 58.8 Å². The number of hydrogen-bond acceptors (Lipinski definition) is 4. The van der Waals surface area contributed by atoms with E-state index < -0.39 is 0 Å². The molecule has 0 fully saturated rings. The lowest BCUT2D eigenvalue weighted by Crippen LogP contribution is -2.22. The number of amides is 1. The first kappa shape index (κ1) is 18.2. The van der Waals surface area contributed by atoms with E-state index >= 15 is 0 Å². The molecule has 0 aliphatic carbocycles. The Morgan fingerprint density at radius 3 is 2.37 bits per heavy atom. The molecule has 0 aliphatic rings. The predicted octanol–water partition coefficient (Wildman–Crippen LogP) is 2.70. The first-order valence-corrected chi connectivity index (χ1v) is 7.96. The molecule has 0 heterocycles. The van der Waals surface area contributed by atoms with Gasteiger partial charge in [-0.15, -0.1) is 0 Å².